The summed E-state index contributed by atoms with van der Waals surface area (Å²) in [5, 5.41) is 6.94. The zero-order valence-electron chi connectivity index (χ0n) is 23.3. The molecule has 2 N–H and O–H groups in total. The molecule has 2 aliphatic heterocycles. The summed E-state index contributed by atoms with van der Waals surface area (Å²) in [5.74, 6) is 0.512. The molecule has 2 aliphatic rings. The van der Waals surface area contributed by atoms with Gasteiger partial charge in [-0.1, -0.05) is 19.1 Å². The number of hydrogen-bond acceptors (Lipinski definition) is 6. The molecule has 5 heterocycles. The molecule has 2 amide bonds. The number of aromatic nitrogens is 3. The molecule has 40 heavy (non-hydrogen) atoms. The Hall–Kier alpha value is -3.92. The van der Waals surface area contributed by atoms with Crippen LogP contribution in [0.5, 0.6) is 0 Å². The minimum Gasteiger partial charge on any atom is -0.367 e. The molecular weight excluding hydrogens is 506 g/mol. The molecule has 3 aromatic heterocycles. The SMILES string of the molecule is CCC(=O)N1CCC(Nc2ccc3c(=O)c(C(=O)NCCN4CCCC4)c4n(C)c5ccccc5n4c3n2)CC1. The second-order valence-corrected chi connectivity index (χ2v) is 10.9. The van der Waals surface area contributed by atoms with Crippen molar-refractivity contribution in [2.24, 2.45) is 7.05 Å². The summed E-state index contributed by atoms with van der Waals surface area (Å²) in [6.45, 7) is 6.73. The molecule has 0 unspecified atom stereocenters. The number of amides is 2. The minimum atomic E-state index is -0.356. The third-order valence-electron chi connectivity index (χ3n) is 8.44. The lowest BCUT2D eigenvalue weighted by Gasteiger charge is -2.32. The van der Waals surface area contributed by atoms with Gasteiger partial charge in [0.1, 0.15) is 17.0 Å². The lowest BCUT2D eigenvalue weighted by molar-refractivity contribution is -0.131. The minimum absolute atomic E-state index is 0.142. The number of carbonyl (C=O) groups excluding carboxylic acids is 2. The highest BCUT2D eigenvalue weighted by Gasteiger charge is 2.26. The van der Waals surface area contributed by atoms with E-state index in [1.54, 1.807) is 6.07 Å². The van der Waals surface area contributed by atoms with E-state index in [4.69, 9.17) is 4.98 Å². The van der Waals surface area contributed by atoms with E-state index in [-0.39, 0.29) is 28.8 Å². The topological polar surface area (TPSA) is 104 Å². The predicted molar refractivity (Wildman–Crippen MR) is 157 cm³/mol. The Kier molecular flexibility index (Phi) is 7.18. The number of nitrogens with one attached hydrogen (secondary N) is 2. The Balaban J connectivity index is 1.37. The van der Waals surface area contributed by atoms with Crippen LogP contribution < -0.4 is 16.1 Å². The van der Waals surface area contributed by atoms with E-state index in [9.17, 15) is 14.4 Å². The fourth-order valence-electron chi connectivity index (χ4n) is 6.25. The quantitative estimate of drug-likeness (QED) is 0.372. The smallest absolute Gasteiger partial charge is 0.259 e. The monoisotopic (exact) mass is 543 g/mol. The van der Waals surface area contributed by atoms with Crippen LogP contribution in [-0.4, -0.2) is 80.9 Å². The zero-order valence-corrected chi connectivity index (χ0v) is 23.3. The molecule has 0 bridgehead atoms. The number of anilines is 1. The van der Waals surface area contributed by atoms with Crippen molar-refractivity contribution < 1.29 is 9.59 Å². The van der Waals surface area contributed by atoms with E-state index >= 15 is 0 Å². The molecule has 10 nitrogen and oxygen atoms in total. The van der Waals surface area contributed by atoms with Crippen LogP contribution in [0.3, 0.4) is 0 Å². The second kappa shape index (κ2) is 10.9. The fourth-order valence-corrected chi connectivity index (χ4v) is 6.25. The summed E-state index contributed by atoms with van der Waals surface area (Å²) in [7, 11) is 1.89. The molecule has 0 aliphatic carbocycles. The van der Waals surface area contributed by atoms with Gasteiger partial charge in [0.15, 0.2) is 5.65 Å². The number of imidazole rings is 1. The van der Waals surface area contributed by atoms with Crippen molar-refractivity contribution in [3.63, 3.8) is 0 Å². The average molecular weight is 544 g/mol. The Morgan fingerprint density at radius 2 is 1.73 bits per heavy atom. The molecule has 10 heteroatoms. The van der Waals surface area contributed by atoms with Crippen LogP contribution in [0, 0.1) is 0 Å². The van der Waals surface area contributed by atoms with E-state index < -0.39 is 0 Å². The highest BCUT2D eigenvalue weighted by atomic mass is 16.2. The molecule has 0 saturated carbocycles. The molecule has 4 aromatic rings. The van der Waals surface area contributed by atoms with Crippen LogP contribution >= 0.6 is 0 Å². The van der Waals surface area contributed by atoms with Crippen molar-refractivity contribution in [2.75, 3.05) is 44.6 Å². The van der Waals surface area contributed by atoms with Gasteiger partial charge in [-0.3, -0.25) is 18.8 Å². The highest BCUT2D eigenvalue weighted by molar-refractivity contribution is 6.05. The van der Waals surface area contributed by atoms with Crippen LogP contribution in [0.1, 0.15) is 49.4 Å². The molecule has 2 saturated heterocycles. The molecule has 210 valence electrons. The number of piperidine rings is 1. The molecule has 0 atom stereocenters. The number of fused-ring (bicyclic) bond motifs is 5. The first-order valence-corrected chi connectivity index (χ1v) is 14.4. The van der Waals surface area contributed by atoms with Crippen molar-refractivity contribution in [2.45, 2.75) is 45.1 Å². The number of likely N-dealkylation sites (tertiary alicyclic amines) is 2. The molecule has 0 spiro atoms. The van der Waals surface area contributed by atoms with Crippen LogP contribution in [0.2, 0.25) is 0 Å². The van der Waals surface area contributed by atoms with Gasteiger partial charge in [-0.25, -0.2) is 4.98 Å². The summed E-state index contributed by atoms with van der Waals surface area (Å²) in [4.78, 5) is 48.7. The molecular formula is C30H37N7O3. The van der Waals surface area contributed by atoms with Gasteiger partial charge in [0.05, 0.1) is 16.4 Å². The van der Waals surface area contributed by atoms with Crippen molar-refractivity contribution in [1.82, 2.24) is 29.1 Å². The highest BCUT2D eigenvalue weighted by Crippen LogP contribution is 2.26. The summed E-state index contributed by atoms with van der Waals surface area (Å²) in [6.07, 6.45) is 4.59. The first-order chi connectivity index (χ1) is 19.5. The molecule has 0 radical (unpaired) electrons. The third-order valence-corrected chi connectivity index (χ3v) is 8.44. The Morgan fingerprint density at radius 3 is 2.45 bits per heavy atom. The number of rotatable bonds is 7. The lowest BCUT2D eigenvalue weighted by atomic mass is 10.0. The largest absolute Gasteiger partial charge is 0.367 e. The molecule has 6 rings (SSSR count). The van der Waals surface area contributed by atoms with Gasteiger partial charge in [0.25, 0.3) is 5.91 Å². The maximum Gasteiger partial charge on any atom is 0.259 e. The number of para-hydroxylation sites is 2. The normalized spacial score (nSPS) is 16.8. The van der Waals surface area contributed by atoms with Crippen LogP contribution in [0.4, 0.5) is 5.82 Å². The Morgan fingerprint density at radius 1 is 1.00 bits per heavy atom. The van der Waals surface area contributed by atoms with Gasteiger partial charge in [-0.2, -0.15) is 0 Å². The van der Waals surface area contributed by atoms with Gasteiger partial charge in [0, 0.05) is 45.7 Å². The van der Waals surface area contributed by atoms with Crippen LogP contribution in [0.15, 0.2) is 41.2 Å². The number of hydrogen-bond donors (Lipinski definition) is 2. The first kappa shape index (κ1) is 26.3. The number of aryl methyl sites for hydroxylation is 1. The summed E-state index contributed by atoms with van der Waals surface area (Å²) in [6, 6.07) is 11.7. The average Bonchev–Trinajstić information content (AvgIpc) is 3.60. The van der Waals surface area contributed by atoms with Crippen molar-refractivity contribution in [3.8, 4) is 0 Å². The Labute approximate surface area is 232 Å². The van der Waals surface area contributed by atoms with E-state index in [2.05, 4.69) is 15.5 Å². The standard InChI is InChI=1S/C30H37N7O3/c1-3-25(38)36-17-12-20(13-18-36)32-24-11-10-21-27(39)26(29(40)31-14-19-35-15-6-7-16-35)30-34(2)22-8-4-5-9-23(22)37(30)28(21)33-24/h4-5,8-11,20H,3,6-7,12-19H2,1-2H3,(H,31,40)(H,32,33). The van der Waals surface area contributed by atoms with Crippen molar-refractivity contribution in [3.05, 3.63) is 52.2 Å². The third kappa shape index (κ3) is 4.70. The molecule has 1 aromatic carbocycles. The summed E-state index contributed by atoms with van der Waals surface area (Å²) >= 11 is 0. The predicted octanol–water partition coefficient (Wildman–Crippen LogP) is 2.98. The zero-order chi connectivity index (χ0) is 27.8. The van der Waals surface area contributed by atoms with E-state index in [0.717, 1.165) is 56.6 Å². The fraction of sp³-hybridized carbons (Fsp3) is 0.467. The number of carbonyl (C=O) groups is 2. The van der Waals surface area contributed by atoms with Gasteiger partial charge < -0.3 is 25.0 Å². The van der Waals surface area contributed by atoms with Gasteiger partial charge in [-0.05, 0) is 63.0 Å². The molecule has 2 fully saturated rings. The summed E-state index contributed by atoms with van der Waals surface area (Å²) in [5.41, 5.74) is 2.68. The van der Waals surface area contributed by atoms with Crippen LogP contribution in [0.25, 0.3) is 27.7 Å². The number of nitrogens with zero attached hydrogens (tertiary/aromatic N) is 5. The lowest BCUT2D eigenvalue weighted by Crippen LogP contribution is -2.42. The van der Waals surface area contributed by atoms with E-state index in [1.165, 1.54) is 12.8 Å². The second-order valence-electron chi connectivity index (χ2n) is 10.9. The number of benzene rings is 1. The van der Waals surface area contributed by atoms with E-state index in [0.29, 0.717) is 35.5 Å². The van der Waals surface area contributed by atoms with Gasteiger partial charge >= 0.3 is 0 Å². The van der Waals surface area contributed by atoms with Crippen molar-refractivity contribution in [1.29, 1.82) is 0 Å². The van der Waals surface area contributed by atoms with Crippen LogP contribution in [-0.2, 0) is 11.8 Å². The van der Waals surface area contributed by atoms with Gasteiger partial charge in [0.2, 0.25) is 11.3 Å². The summed E-state index contributed by atoms with van der Waals surface area (Å²) < 4.78 is 3.85. The Bertz CT molecular complexity index is 1640. The first-order valence-electron chi connectivity index (χ1n) is 14.4. The maximum absolute atomic E-state index is 13.9. The maximum atomic E-state index is 13.9. The number of pyridine rings is 2. The van der Waals surface area contributed by atoms with E-state index in [1.807, 2.05) is 58.2 Å². The van der Waals surface area contributed by atoms with Gasteiger partial charge in [-0.15, -0.1) is 0 Å². The van der Waals surface area contributed by atoms with Crippen molar-refractivity contribution >= 4 is 45.3 Å².